The van der Waals surface area contributed by atoms with Crippen LogP contribution in [-0.4, -0.2) is 33.5 Å². The van der Waals surface area contributed by atoms with Gasteiger partial charge in [-0.2, -0.15) is 0 Å². The molecule has 1 aromatic rings. The third-order valence-electron chi connectivity index (χ3n) is 2.26. The minimum absolute atomic E-state index is 0.0901. The first-order valence-corrected chi connectivity index (χ1v) is 4.98. The highest BCUT2D eigenvalue weighted by atomic mass is 19.1. The standard InChI is InChI=1S/C11H17FN2O2/c1-15-7-8(16-2)6-14-10-5-3-4-9(12)11(10)13/h3-5,8,14H,6-7,13H2,1-2H3. The number of anilines is 2. The molecule has 3 N–H and O–H groups in total. The number of benzene rings is 1. The summed E-state index contributed by atoms with van der Waals surface area (Å²) in [4.78, 5) is 0. The monoisotopic (exact) mass is 228 g/mol. The van der Waals surface area contributed by atoms with Gasteiger partial charge in [-0.25, -0.2) is 4.39 Å². The predicted molar refractivity (Wildman–Crippen MR) is 62.0 cm³/mol. The first kappa shape index (κ1) is 12.7. The average Bonchev–Trinajstić information content (AvgIpc) is 2.29. The summed E-state index contributed by atoms with van der Waals surface area (Å²) >= 11 is 0. The third-order valence-corrected chi connectivity index (χ3v) is 2.26. The lowest BCUT2D eigenvalue weighted by Crippen LogP contribution is -2.26. The molecule has 16 heavy (non-hydrogen) atoms. The number of para-hydroxylation sites is 1. The van der Waals surface area contributed by atoms with Crippen molar-refractivity contribution in [2.24, 2.45) is 0 Å². The molecule has 0 fully saturated rings. The normalized spacial score (nSPS) is 12.4. The summed E-state index contributed by atoms with van der Waals surface area (Å²) in [5.41, 5.74) is 6.26. The van der Waals surface area contributed by atoms with Gasteiger partial charge in [0.15, 0.2) is 0 Å². The number of nitrogens with two attached hydrogens (primary N) is 1. The van der Waals surface area contributed by atoms with Crippen LogP contribution < -0.4 is 11.1 Å². The molecule has 4 nitrogen and oxygen atoms in total. The van der Waals surface area contributed by atoms with Gasteiger partial charge in [0.2, 0.25) is 0 Å². The molecule has 0 aliphatic rings. The molecule has 0 aliphatic carbocycles. The van der Waals surface area contributed by atoms with E-state index in [4.69, 9.17) is 15.2 Å². The van der Waals surface area contributed by atoms with Gasteiger partial charge in [0.1, 0.15) is 5.82 Å². The van der Waals surface area contributed by atoms with Crippen LogP contribution in [0.15, 0.2) is 18.2 Å². The second-order valence-electron chi connectivity index (χ2n) is 3.40. The highest BCUT2D eigenvalue weighted by Crippen LogP contribution is 2.20. The molecule has 0 spiro atoms. The van der Waals surface area contributed by atoms with Crippen molar-refractivity contribution in [1.29, 1.82) is 0 Å². The fraction of sp³-hybridized carbons (Fsp3) is 0.455. The topological polar surface area (TPSA) is 56.5 Å². The van der Waals surface area contributed by atoms with E-state index < -0.39 is 5.82 Å². The number of nitrogens with one attached hydrogen (secondary N) is 1. The second-order valence-corrected chi connectivity index (χ2v) is 3.40. The molecular formula is C11H17FN2O2. The molecule has 1 atom stereocenters. The summed E-state index contributed by atoms with van der Waals surface area (Å²) in [5.74, 6) is -0.425. The number of rotatable bonds is 6. The summed E-state index contributed by atoms with van der Waals surface area (Å²) in [7, 11) is 3.20. The number of halogens is 1. The minimum Gasteiger partial charge on any atom is -0.395 e. The minimum atomic E-state index is -0.425. The summed E-state index contributed by atoms with van der Waals surface area (Å²) in [6.45, 7) is 0.983. The maximum Gasteiger partial charge on any atom is 0.148 e. The van der Waals surface area contributed by atoms with Crippen molar-refractivity contribution in [3.63, 3.8) is 0 Å². The molecule has 0 bridgehead atoms. The predicted octanol–water partition coefficient (Wildman–Crippen LogP) is 1.48. The Hall–Kier alpha value is -1.33. The Morgan fingerprint density at radius 3 is 2.81 bits per heavy atom. The van der Waals surface area contributed by atoms with E-state index in [0.717, 1.165) is 0 Å². The number of methoxy groups -OCH3 is 2. The molecule has 0 heterocycles. The van der Waals surface area contributed by atoms with Crippen molar-refractivity contribution in [2.45, 2.75) is 6.10 Å². The molecule has 90 valence electrons. The van der Waals surface area contributed by atoms with Gasteiger partial charge in [0.05, 0.1) is 24.1 Å². The van der Waals surface area contributed by atoms with Crippen LogP contribution in [-0.2, 0) is 9.47 Å². The molecule has 0 saturated heterocycles. The van der Waals surface area contributed by atoms with E-state index in [9.17, 15) is 4.39 Å². The lowest BCUT2D eigenvalue weighted by atomic mass is 10.2. The lowest BCUT2D eigenvalue weighted by molar-refractivity contribution is 0.0366. The zero-order valence-corrected chi connectivity index (χ0v) is 9.50. The van der Waals surface area contributed by atoms with Gasteiger partial charge in [-0.15, -0.1) is 0 Å². The van der Waals surface area contributed by atoms with Crippen molar-refractivity contribution >= 4 is 11.4 Å². The highest BCUT2D eigenvalue weighted by molar-refractivity contribution is 5.66. The Bertz CT molecular complexity index is 334. The van der Waals surface area contributed by atoms with Crippen molar-refractivity contribution in [3.8, 4) is 0 Å². The molecule has 5 heteroatoms. The fourth-order valence-electron chi connectivity index (χ4n) is 1.31. The molecule has 0 radical (unpaired) electrons. The number of hydrogen-bond donors (Lipinski definition) is 2. The zero-order chi connectivity index (χ0) is 12.0. The van der Waals surface area contributed by atoms with Crippen LogP contribution in [0, 0.1) is 5.82 Å². The summed E-state index contributed by atoms with van der Waals surface area (Å²) in [5, 5.41) is 3.02. The molecular weight excluding hydrogens is 211 g/mol. The largest absolute Gasteiger partial charge is 0.395 e. The first-order valence-electron chi connectivity index (χ1n) is 4.98. The van der Waals surface area contributed by atoms with Crippen molar-refractivity contribution in [1.82, 2.24) is 0 Å². The Morgan fingerprint density at radius 1 is 1.44 bits per heavy atom. The van der Waals surface area contributed by atoms with Crippen LogP contribution in [0.5, 0.6) is 0 Å². The Morgan fingerprint density at radius 2 is 2.19 bits per heavy atom. The Labute approximate surface area is 94.5 Å². The smallest absolute Gasteiger partial charge is 0.148 e. The number of hydrogen-bond acceptors (Lipinski definition) is 4. The maximum absolute atomic E-state index is 13.1. The quantitative estimate of drug-likeness (QED) is 0.724. The average molecular weight is 228 g/mol. The van der Waals surface area contributed by atoms with Gasteiger partial charge in [-0.3, -0.25) is 0 Å². The molecule has 1 unspecified atom stereocenters. The van der Waals surface area contributed by atoms with Gasteiger partial charge in [0, 0.05) is 20.8 Å². The van der Waals surface area contributed by atoms with Crippen LogP contribution in [0.3, 0.4) is 0 Å². The van der Waals surface area contributed by atoms with Gasteiger partial charge in [-0.1, -0.05) is 6.07 Å². The van der Waals surface area contributed by atoms with Crippen molar-refractivity contribution in [3.05, 3.63) is 24.0 Å². The number of ether oxygens (including phenoxy) is 2. The Kier molecular flexibility index (Phi) is 5.01. The Balaban J connectivity index is 2.56. The van der Waals surface area contributed by atoms with Gasteiger partial charge < -0.3 is 20.5 Å². The maximum atomic E-state index is 13.1. The van der Waals surface area contributed by atoms with Gasteiger partial charge in [0.25, 0.3) is 0 Å². The SMILES string of the molecule is COCC(CNc1cccc(F)c1N)OC. The van der Waals surface area contributed by atoms with E-state index in [1.807, 2.05) is 0 Å². The van der Waals surface area contributed by atoms with E-state index in [0.29, 0.717) is 18.8 Å². The highest BCUT2D eigenvalue weighted by Gasteiger charge is 2.08. The lowest BCUT2D eigenvalue weighted by Gasteiger charge is -2.16. The molecule has 0 saturated carbocycles. The molecule has 1 aromatic carbocycles. The van der Waals surface area contributed by atoms with E-state index >= 15 is 0 Å². The van der Waals surface area contributed by atoms with Crippen LogP contribution in [0.4, 0.5) is 15.8 Å². The van der Waals surface area contributed by atoms with E-state index in [-0.39, 0.29) is 11.8 Å². The van der Waals surface area contributed by atoms with Crippen LogP contribution in [0.1, 0.15) is 0 Å². The second kappa shape index (κ2) is 6.30. The van der Waals surface area contributed by atoms with Crippen LogP contribution >= 0.6 is 0 Å². The molecule has 1 rings (SSSR count). The van der Waals surface area contributed by atoms with Crippen LogP contribution in [0.25, 0.3) is 0 Å². The van der Waals surface area contributed by atoms with E-state index in [1.165, 1.54) is 6.07 Å². The van der Waals surface area contributed by atoms with Gasteiger partial charge >= 0.3 is 0 Å². The fourth-order valence-corrected chi connectivity index (χ4v) is 1.31. The van der Waals surface area contributed by atoms with Crippen molar-refractivity contribution < 1.29 is 13.9 Å². The molecule has 0 aliphatic heterocycles. The van der Waals surface area contributed by atoms with Crippen molar-refractivity contribution in [2.75, 3.05) is 38.4 Å². The molecule has 0 aromatic heterocycles. The summed E-state index contributed by atoms with van der Waals surface area (Å²) in [6.07, 6.45) is -0.0901. The van der Waals surface area contributed by atoms with E-state index in [1.54, 1.807) is 26.4 Å². The number of nitrogen functional groups attached to an aromatic ring is 1. The first-order chi connectivity index (χ1) is 7.69. The van der Waals surface area contributed by atoms with Gasteiger partial charge in [-0.05, 0) is 12.1 Å². The summed E-state index contributed by atoms with van der Waals surface area (Å²) in [6, 6.07) is 4.65. The summed E-state index contributed by atoms with van der Waals surface area (Å²) < 4.78 is 23.2. The zero-order valence-electron chi connectivity index (χ0n) is 9.50. The van der Waals surface area contributed by atoms with E-state index in [2.05, 4.69) is 5.32 Å². The van der Waals surface area contributed by atoms with Crippen LogP contribution in [0.2, 0.25) is 0 Å². The third kappa shape index (κ3) is 3.36. The molecule has 0 amide bonds.